The van der Waals surface area contributed by atoms with Gasteiger partial charge < -0.3 is 21.5 Å². The molecule has 0 saturated carbocycles. The van der Waals surface area contributed by atoms with E-state index in [2.05, 4.69) is 23.3 Å². The fourth-order valence-corrected chi connectivity index (χ4v) is 1.23. The SMILES string of the molecule is CC.CN[C@H](C)Cc1ccc(O)cc1.NC(=O)CNC=O. The zero-order chi connectivity index (χ0) is 16.7. The van der Waals surface area contributed by atoms with E-state index in [1.165, 1.54) is 5.56 Å². The summed E-state index contributed by atoms with van der Waals surface area (Å²) in [5.41, 5.74) is 5.86. The van der Waals surface area contributed by atoms with Gasteiger partial charge in [-0.05, 0) is 38.1 Å². The molecule has 0 aliphatic rings. The van der Waals surface area contributed by atoms with Gasteiger partial charge in [0.05, 0.1) is 6.54 Å². The summed E-state index contributed by atoms with van der Waals surface area (Å²) < 4.78 is 0. The van der Waals surface area contributed by atoms with Gasteiger partial charge >= 0.3 is 0 Å². The molecule has 0 bridgehead atoms. The molecule has 2 amide bonds. The highest BCUT2D eigenvalue weighted by molar-refractivity contribution is 5.77. The van der Waals surface area contributed by atoms with Crippen molar-refractivity contribution in [2.45, 2.75) is 33.2 Å². The molecule has 0 radical (unpaired) electrons. The molecule has 6 heteroatoms. The normalized spacial score (nSPS) is 10.1. The number of aromatic hydroxyl groups is 1. The van der Waals surface area contributed by atoms with Crippen molar-refractivity contribution in [1.29, 1.82) is 0 Å². The van der Waals surface area contributed by atoms with Gasteiger partial charge in [0, 0.05) is 6.04 Å². The molecule has 0 aliphatic carbocycles. The number of carbonyl (C=O) groups is 2. The molecule has 0 heterocycles. The highest BCUT2D eigenvalue weighted by atomic mass is 16.3. The van der Waals surface area contributed by atoms with Crippen LogP contribution in [0.15, 0.2) is 24.3 Å². The number of carbonyl (C=O) groups excluding carboxylic acids is 2. The Morgan fingerprint density at radius 2 is 1.86 bits per heavy atom. The summed E-state index contributed by atoms with van der Waals surface area (Å²) in [6.45, 7) is 6.05. The molecule has 21 heavy (non-hydrogen) atoms. The summed E-state index contributed by atoms with van der Waals surface area (Å²) >= 11 is 0. The van der Waals surface area contributed by atoms with E-state index in [1.807, 2.05) is 33.0 Å². The van der Waals surface area contributed by atoms with E-state index in [0.717, 1.165) is 6.42 Å². The summed E-state index contributed by atoms with van der Waals surface area (Å²) in [6.07, 6.45) is 1.42. The minimum Gasteiger partial charge on any atom is -0.508 e. The van der Waals surface area contributed by atoms with Gasteiger partial charge in [-0.1, -0.05) is 26.0 Å². The van der Waals surface area contributed by atoms with Gasteiger partial charge in [0.2, 0.25) is 12.3 Å². The van der Waals surface area contributed by atoms with Crippen LogP contribution < -0.4 is 16.4 Å². The van der Waals surface area contributed by atoms with E-state index >= 15 is 0 Å². The van der Waals surface area contributed by atoms with Gasteiger partial charge in [0.25, 0.3) is 0 Å². The molecule has 0 spiro atoms. The predicted molar refractivity (Wildman–Crippen MR) is 84.9 cm³/mol. The number of nitrogens with two attached hydrogens (primary N) is 1. The van der Waals surface area contributed by atoms with Gasteiger partial charge in [-0.2, -0.15) is 0 Å². The minimum absolute atomic E-state index is 0.0799. The third-order valence-electron chi connectivity index (χ3n) is 2.33. The number of amides is 2. The van der Waals surface area contributed by atoms with Crippen molar-refractivity contribution in [3.05, 3.63) is 29.8 Å². The summed E-state index contributed by atoms with van der Waals surface area (Å²) in [6, 6.07) is 7.82. The van der Waals surface area contributed by atoms with Crippen LogP contribution in [0.5, 0.6) is 5.75 Å². The second-order valence-corrected chi connectivity index (χ2v) is 4.03. The summed E-state index contributed by atoms with van der Waals surface area (Å²) in [5.74, 6) is -0.206. The van der Waals surface area contributed by atoms with Crippen molar-refractivity contribution >= 4 is 12.3 Å². The maximum atomic E-state index is 9.76. The number of benzene rings is 1. The van der Waals surface area contributed by atoms with Crippen LogP contribution in [0.3, 0.4) is 0 Å². The number of hydrogen-bond donors (Lipinski definition) is 4. The maximum Gasteiger partial charge on any atom is 0.236 e. The van der Waals surface area contributed by atoms with Crippen LogP contribution in [0, 0.1) is 0 Å². The van der Waals surface area contributed by atoms with Crippen LogP contribution in [-0.4, -0.2) is 37.1 Å². The van der Waals surface area contributed by atoms with Crippen LogP contribution in [0.25, 0.3) is 0 Å². The van der Waals surface area contributed by atoms with Crippen molar-refractivity contribution in [3.8, 4) is 5.75 Å². The standard InChI is InChI=1S/C10H15NO.C3H6N2O2.C2H6/c1-8(11-2)7-9-3-5-10(12)6-4-9;4-3(7)1-5-2-6;1-2/h3-6,8,11-12H,7H2,1-2H3;2H,1H2,(H2,4,7)(H,5,6);1-2H3/t8-;;/m1../s1. The van der Waals surface area contributed by atoms with Crippen LogP contribution in [0.1, 0.15) is 26.3 Å². The molecule has 1 aromatic carbocycles. The number of phenolic OH excluding ortho intramolecular Hbond substituents is 1. The van der Waals surface area contributed by atoms with E-state index in [1.54, 1.807) is 12.1 Å². The Hall–Kier alpha value is -2.08. The van der Waals surface area contributed by atoms with Crippen LogP contribution >= 0.6 is 0 Å². The lowest BCUT2D eigenvalue weighted by atomic mass is 10.1. The van der Waals surface area contributed by atoms with Gasteiger partial charge in [-0.15, -0.1) is 0 Å². The largest absolute Gasteiger partial charge is 0.508 e. The first-order chi connectivity index (χ1) is 9.99. The number of phenols is 1. The van der Waals surface area contributed by atoms with E-state index in [4.69, 9.17) is 5.11 Å². The van der Waals surface area contributed by atoms with Gasteiger partial charge in [0.1, 0.15) is 5.75 Å². The average Bonchev–Trinajstić information content (AvgIpc) is 2.50. The molecule has 0 fully saturated rings. The molecule has 1 aromatic rings. The molecule has 120 valence electrons. The molecular weight excluding hydrogens is 270 g/mol. The van der Waals surface area contributed by atoms with E-state index in [-0.39, 0.29) is 6.54 Å². The first-order valence-electron chi connectivity index (χ1n) is 6.90. The first kappa shape index (κ1) is 21.2. The van der Waals surface area contributed by atoms with Gasteiger partial charge in [-0.25, -0.2) is 0 Å². The van der Waals surface area contributed by atoms with Crippen molar-refractivity contribution in [2.24, 2.45) is 5.73 Å². The second kappa shape index (κ2) is 14.3. The van der Waals surface area contributed by atoms with Crippen molar-refractivity contribution in [3.63, 3.8) is 0 Å². The Bertz CT molecular complexity index is 380. The molecule has 1 atom stereocenters. The minimum atomic E-state index is -0.535. The molecule has 5 N–H and O–H groups in total. The van der Waals surface area contributed by atoms with Crippen LogP contribution in [0.2, 0.25) is 0 Å². The number of hydrogen-bond acceptors (Lipinski definition) is 4. The molecule has 6 nitrogen and oxygen atoms in total. The topological polar surface area (TPSA) is 104 Å². The van der Waals surface area contributed by atoms with Crippen molar-refractivity contribution in [2.75, 3.05) is 13.6 Å². The fraction of sp³-hybridized carbons (Fsp3) is 0.467. The Kier molecular flexibility index (Phi) is 14.5. The van der Waals surface area contributed by atoms with Gasteiger partial charge in [-0.3, -0.25) is 9.59 Å². The third-order valence-corrected chi connectivity index (χ3v) is 2.33. The zero-order valence-electron chi connectivity index (χ0n) is 13.2. The Labute approximate surface area is 126 Å². The van der Waals surface area contributed by atoms with Crippen molar-refractivity contribution in [1.82, 2.24) is 10.6 Å². The molecule has 0 aromatic heterocycles. The smallest absolute Gasteiger partial charge is 0.236 e. The summed E-state index contributed by atoms with van der Waals surface area (Å²) in [7, 11) is 1.95. The molecular formula is C15H27N3O3. The lowest BCUT2D eigenvalue weighted by Gasteiger charge is -2.09. The van der Waals surface area contributed by atoms with E-state index in [9.17, 15) is 9.59 Å². The maximum absolute atomic E-state index is 9.76. The van der Waals surface area contributed by atoms with E-state index in [0.29, 0.717) is 18.2 Å². The number of rotatable bonds is 6. The quantitative estimate of drug-likeness (QED) is 0.583. The molecule has 0 unspecified atom stereocenters. The molecule has 0 saturated heterocycles. The first-order valence-corrected chi connectivity index (χ1v) is 6.90. The third kappa shape index (κ3) is 14.1. The molecule has 1 rings (SSSR count). The highest BCUT2D eigenvalue weighted by Gasteiger charge is 1.99. The fourth-order valence-electron chi connectivity index (χ4n) is 1.23. The highest BCUT2D eigenvalue weighted by Crippen LogP contribution is 2.10. The number of primary amides is 1. The predicted octanol–water partition coefficient (Wildman–Crippen LogP) is 0.787. The molecule has 0 aliphatic heterocycles. The lowest BCUT2D eigenvalue weighted by molar-refractivity contribution is -0.119. The Morgan fingerprint density at radius 1 is 1.33 bits per heavy atom. The van der Waals surface area contributed by atoms with Crippen LogP contribution in [-0.2, 0) is 16.0 Å². The summed E-state index contributed by atoms with van der Waals surface area (Å²) in [5, 5.41) is 14.3. The zero-order valence-corrected chi connectivity index (χ0v) is 13.2. The van der Waals surface area contributed by atoms with Crippen molar-refractivity contribution < 1.29 is 14.7 Å². The van der Waals surface area contributed by atoms with Gasteiger partial charge in [0.15, 0.2) is 0 Å². The Morgan fingerprint density at radius 3 is 2.19 bits per heavy atom. The number of likely N-dealkylation sites (N-methyl/N-ethyl adjacent to an activating group) is 1. The second-order valence-electron chi connectivity index (χ2n) is 4.03. The van der Waals surface area contributed by atoms with E-state index < -0.39 is 5.91 Å². The number of nitrogens with one attached hydrogen (secondary N) is 2. The Balaban J connectivity index is 0. The lowest BCUT2D eigenvalue weighted by Crippen LogP contribution is -2.27. The summed E-state index contributed by atoms with van der Waals surface area (Å²) in [4.78, 5) is 19.1. The average molecular weight is 297 g/mol. The van der Waals surface area contributed by atoms with Crippen LogP contribution in [0.4, 0.5) is 0 Å². The monoisotopic (exact) mass is 297 g/mol.